The lowest BCUT2D eigenvalue weighted by Gasteiger charge is -2.06. The van der Waals surface area contributed by atoms with E-state index in [1.807, 2.05) is 24.3 Å². The van der Waals surface area contributed by atoms with Crippen LogP contribution in [0.25, 0.3) is 0 Å². The maximum atomic E-state index is 13.0. The molecule has 1 N–H and O–H groups in total. The molecule has 0 fully saturated rings. The number of benzene rings is 2. The highest BCUT2D eigenvalue weighted by atomic mass is 19.1. The van der Waals surface area contributed by atoms with Crippen molar-refractivity contribution in [2.75, 3.05) is 20.2 Å². The predicted octanol–water partition coefficient (Wildman–Crippen LogP) is 3.35. The van der Waals surface area contributed by atoms with Crippen LogP contribution in [-0.4, -0.2) is 20.2 Å². The van der Waals surface area contributed by atoms with Crippen molar-refractivity contribution in [3.63, 3.8) is 0 Å². The highest BCUT2D eigenvalue weighted by molar-refractivity contribution is 5.27. The zero-order chi connectivity index (χ0) is 15.1. The van der Waals surface area contributed by atoms with E-state index in [-0.39, 0.29) is 0 Å². The van der Waals surface area contributed by atoms with Crippen molar-refractivity contribution >= 4 is 0 Å². The molecule has 0 aromatic heterocycles. The highest BCUT2D eigenvalue weighted by Gasteiger charge is 2.00. The average Bonchev–Trinajstić information content (AvgIpc) is 2.46. The molecule has 0 aliphatic rings. The molecular weight excluding hydrogens is 272 g/mol. The summed E-state index contributed by atoms with van der Waals surface area (Å²) in [5.74, 6) is -0.202. The van der Waals surface area contributed by atoms with E-state index in [0.29, 0.717) is 18.5 Å². The van der Waals surface area contributed by atoms with Crippen molar-refractivity contribution in [1.29, 1.82) is 0 Å². The summed E-state index contributed by atoms with van der Waals surface area (Å²) in [4.78, 5) is 0. The number of nitrogens with one attached hydrogen (secondary N) is 1. The molecule has 0 atom stereocenters. The third-order valence-electron chi connectivity index (χ3n) is 3.26. The minimum atomic E-state index is -0.525. The number of ether oxygens (including phenoxy) is 1. The summed E-state index contributed by atoms with van der Waals surface area (Å²) in [7, 11) is 1.64. The molecule has 21 heavy (non-hydrogen) atoms. The lowest BCUT2D eigenvalue weighted by atomic mass is 10.1. The van der Waals surface area contributed by atoms with Gasteiger partial charge in [0.15, 0.2) is 0 Å². The van der Waals surface area contributed by atoms with Crippen molar-refractivity contribution in [3.05, 3.63) is 65.2 Å². The molecule has 112 valence electrons. The van der Waals surface area contributed by atoms with Crippen molar-refractivity contribution in [2.45, 2.75) is 12.8 Å². The smallest absolute Gasteiger partial charge is 0.126 e. The van der Waals surface area contributed by atoms with E-state index in [1.54, 1.807) is 7.11 Å². The van der Waals surface area contributed by atoms with Gasteiger partial charge >= 0.3 is 0 Å². The first-order valence-corrected chi connectivity index (χ1v) is 6.96. The van der Waals surface area contributed by atoms with E-state index in [2.05, 4.69) is 5.32 Å². The molecular formula is C17H19F2NO. The van der Waals surface area contributed by atoms with Crippen LogP contribution in [0, 0.1) is 11.6 Å². The summed E-state index contributed by atoms with van der Waals surface area (Å²) in [5.41, 5.74) is 1.89. The Hall–Kier alpha value is -1.94. The number of hydrogen-bond donors (Lipinski definition) is 1. The van der Waals surface area contributed by atoms with Gasteiger partial charge in [0.1, 0.15) is 17.4 Å². The third-order valence-corrected chi connectivity index (χ3v) is 3.26. The molecule has 2 rings (SSSR count). The normalized spacial score (nSPS) is 10.6. The van der Waals surface area contributed by atoms with Gasteiger partial charge in [0.25, 0.3) is 0 Å². The standard InChI is InChI=1S/C17H19F2NO/c1-21-17-4-2-13(3-5-17)6-8-20-9-7-14-10-15(18)12-16(19)11-14/h2-5,10-12,20H,6-9H2,1H3. The molecule has 0 amide bonds. The van der Waals surface area contributed by atoms with Crippen LogP contribution in [0.5, 0.6) is 5.75 Å². The first-order valence-electron chi connectivity index (χ1n) is 6.96. The Bertz CT molecular complexity index is 549. The minimum absolute atomic E-state index is 0.525. The first-order chi connectivity index (χ1) is 10.2. The van der Waals surface area contributed by atoms with Gasteiger partial charge in [-0.05, 0) is 61.3 Å². The van der Waals surface area contributed by atoms with Crippen LogP contribution < -0.4 is 10.1 Å². The molecule has 2 aromatic carbocycles. The molecule has 0 saturated carbocycles. The molecule has 0 radical (unpaired) electrons. The van der Waals surface area contributed by atoms with Gasteiger partial charge in [0, 0.05) is 6.07 Å². The number of methoxy groups -OCH3 is 1. The van der Waals surface area contributed by atoms with Crippen molar-refractivity contribution < 1.29 is 13.5 Å². The molecule has 4 heteroatoms. The largest absolute Gasteiger partial charge is 0.497 e. The van der Waals surface area contributed by atoms with Crippen molar-refractivity contribution in [2.24, 2.45) is 0 Å². The van der Waals surface area contributed by atoms with Crippen LogP contribution in [0.15, 0.2) is 42.5 Å². The van der Waals surface area contributed by atoms with E-state index in [4.69, 9.17) is 4.74 Å². The van der Waals surface area contributed by atoms with Gasteiger partial charge in [-0.25, -0.2) is 8.78 Å². The van der Waals surface area contributed by atoms with E-state index in [1.165, 1.54) is 17.7 Å². The van der Waals surface area contributed by atoms with Crippen LogP contribution >= 0.6 is 0 Å². The lowest BCUT2D eigenvalue weighted by molar-refractivity contribution is 0.414. The molecule has 0 aliphatic heterocycles. The Kier molecular flexibility index (Phi) is 5.69. The van der Waals surface area contributed by atoms with Gasteiger partial charge in [0.05, 0.1) is 7.11 Å². The average molecular weight is 291 g/mol. The third kappa shape index (κ3) is 5.16. The van der Waals surface area contributed by atoms with Crippen LogP contribution in [-0.2, 0) is 12.8 Å². The number of rotatable bonds is 7. The van der Waals surface area contributed by atoms with Crippen molar-refractivity contribution in [3.8, 4) is 5.75 Å². The molecule has 0 saturated heterocycles. The molecule has 2 nitrogen and oxygen atoms in total. The second-order valence-electron chi connectivity index (χ2n) is 4.88. The summed E-state index contributed by atoms with van der Waals surface area (Å²) in [5, 5.41) is 3.27. The monoisotopic (exact) mass is 291 g/mol. The Morgan fingerprint density at radius 3 is 2.00 bits per heavy atom. The zero-order valence-electron chi connectivity index (χ0n) is 12.0. The maximum Gasteiger partial charge on any atom is 0.126 e. The Labute approximate surface area is 123 Å². The second-order valence-corrected chi connectivity index (χ2v) is 4.88. The van der Waals surface area contributed by atoms with E-state index < -0.39 is 11.6 Å². The molecule has 0 heterocycles. The lowest BCUT2D eigenvalue weighted by Crippen LogP contribution is -2.20. The predicted molar refractivity (Wildman–Crippen MR) is 79.6 cm³/mol. The molecule has 0 spiro atoms. The van der Waals surface area contributed by atoms with Crippen molar-refractivity contribution in [1.82, 2.24) is 5.32 Å². The SMILES string of the molecule is COc1ccc(CCNCCc2cc(F)cc(F)c2)cc1. The zero-order valence-corrected chi connectivity index (χ0v) is 12.0. The summed E-state index contributed by atoms with van der Waals surface area (Å²) in [6.45, 7) is 1.52. The summed E-state index contributed by atoms with van der Waals surface area (Å²) in [6.07, 6.45) is 1.51. The Morgan fingerprint density at radius 2 is 1.43 bits per heavy atom. The van der Waals surface area contributed by atoms with Crippen LogP contribution in [0.4, 0.5) is 8.78 Å². The van der Waals surface area contributed by atoms with Gasteiger partial charge in [0.2, 0.25) is 0 Å². The molecule has 0 bridgehead atoms. The molecule has 0 aliphatic carbocycles. The second kappa shape index (κ2) is 7.74. The Balaban J connectivity index is 1.69. The van der Waals surface area contributed by atoms with Gasteiger partial charge in [-0.1, -0.05) is 12.1 Å². The van der Waals surface area contributed by atoms with Gasteiger partial charge in [-0.3, -0.25) is 0 Å². The fourth-order valence-corrected chi connectivity index (χ4v) is 2.14. The number of halogens is 2. The topological polar surface area (TPSA) is 21.3 Å². The fraction of sp³-hybridized carbons (Fsp3) is 0.294. The quantitative estimate of drug-likeness (QED) is 0.790. The van der Waals surface area contributed by atoms with Gasteiger partial charge < -0.3 is 10.1 Å². The van der Waals surface area contributed by atoms with E-state index in [9.17, 15) is 8.78 Å². The van der Waals surface area contributed by atoms with Gasteiger partial charge in [-0.2, -0.15) is 0 Å². The highest BCUT2D eigenvalue weighted by Crippen LogP contribution is 2.11. The number of hydrogen-bond acceptors (Lipinski definition) is 2. The van der Waals surface area contributed by atoms with Crippen LogP contribution in [0.1, 0.15) is 11.1 Å². The van der Waals surface area contributed by atoms with E-state index in [0.717, 1.165) is 24.8 Å². The summed E-state index contributed by atoms with van der Waals surface area (Å²) < 4.78 is 31.1. The van der Waals surface area contributed by atoms with Crippen LogP contribution in [0.3, 0.4) is 0 Å². The van der Waals surface area contributed by atoms with Crippen LogP contribution in [0.2, 0.25) is 0 Å². The summed E-state index contributed by atoms with van der Waals surface area (Å²) >= 11 is 0. The Morgan fingerprint density at radius 1 is 0.857 bits per heavy atom. The first kappa shape index (κ1) is 15.4. The fourth-order valence-electron chi connectivity index (χ4n) is 2.14. The molecule has 0 unspecified atom stereocenters. The minimum Gasteiger partial charge on any atom is -0.497 e. The van der Waals surface area contributed by atoms with E-state index >= 15 is 0 Å². The van der Waals surface area contributed by atoms with Gasteiger partial charge in [-0.15, -0.1) is 0 Å². The molecule has 2 aromatic rings. The summed E-state index contributed by atoms with van der Waals surface area (Å²) in [6, 6.07) is 11.6. The maximum absolute atomic E-state index is 13.0.